The van der Waals surface area contributed by atoms with Crippen molar-refractivity contribution in [1.82, 2.24) is 0 Å². The van der Waals surface area contributed by atoms with E-state index in [4.69, 9.17) is 42.2 Å². The van der Waals surface area contributed by atoms with Gasteiger partial charge in [-0.25, -0.2) is 0 Å². The first-order valence-corrected chi connectivity index (χ1v) is 4.00. The van der Waals surface area contributed by atoms with Crippen LogP contribution in [-0.2, 0) is 0 Å². The average molecular weight is 241 g/mol. The molecule has 0 saturated carbocycles. The average Bonchev–Trinajstić information content (AvgIpc) is 2.12. The molecular formula is C6H14ClNaO6. The minimum atomic E-state index is -1.82. The van der Waals surface area contributed by atoms with Crippen LogP contribution in [0.3, 0.4) is 0 Å². The summed E-state index contributed by atoms with van der Waals surface area (Å²) in [6.07, 6.45) is -6.99. The molecule has 0 bridgehead atoms. The molecule has 0 aromatic carbocycles. The summed E-state index contributed by atoms with van der Waals surface area (Å²) in [7, 11) is 0. The number of hydrogen-bond donors (Lipinski definition) is 6. The topological polar surface area (TPSA) is 121 Å². The van der Waals surface area contributed by atoms with Crippen molar-refractivity contribution in [3.63, 3.8) is 0 Å². The SMILES string of the molecule is OC[C@@H](O)[C@@H](O)[C@H](O)[C@H](O)C(O)Cl.[H-].[Na+]. The number of aliphatic hydroxyl groups excluding tert-OH is 6. The molecule has 0 aliphatic carbocycles. The van der Waals surface area contributed by atoms with Crippen LogP contribution >= 0.6 is 11.6 Å². The van der Waals surface area contributed by atoms with Gasteiger partial charge in [-0.3, -0.25) is 0 Å². The summed E-state index contributed by atoms with van der Waals surface area (Å²) < 4.78 is 0. The normalized spacial score (nSPS) is 21.6. The molecule has 0 radical (unpaired) electrons. The van der Waals surface area contributed by atoms with E-state index in [0.717, 1.165) is 0 Å². The summed E-state index contributed by atoms with van der Waals surface area (Å²) >= 11 is 5.01. The monoisotopic (exact) mass is 240 g/mol. The zero-order chi connectivity index (χ0) is 10.6. The van der Waals surface area contributed by atoms with E-state index < -0.39 is 36.6 Å². The Bertz CT molecular complexity index is 154. The molecule has 8 heteroatoms. The number of hydrogen-bond acceptors (Lipinski definition) is 6. The van der Waals surface area contributed by atoms with Gasteiger partial charge < -0.3 is 32.1 Å². The van der Waals surface area contributed by atoms with Crippen LogP contribution in [0.5, 0.6) is 0 Å². The van der Waals surface area contributed by atoms with E-state index >= 15 is 0 Å². The first-order valence-electron chi connectivity index (χ1n) is 3.57. The van der Waals surface area contributed by atoms with Gasteiger partial charge in [0.25, 0.3) is 0 Å². The second-order valence-corrected chi connectivity index (χ2v) is 3.04. The molecule has 0 fully saturated rings. The van der Waals surface area contributed by atoms with Crippen LogP contribution in [0.15, 0.2) is 0 Å². The fraction of sp³-hybridized carbons (Fsp3) is 1.00. The standard InChI is InChI=1S/C6H13ClO6.Na.H/c7-6(13)5(12)4(11)3(10)2(9)1-8;;/h2-6,8-13H,1H2;;/q;+1;-1/t2-,3-,4+,5+,6?;;/m1../s1. The first-order chi connectivity index (χ1) is 5.91. The van der Waals surface area contributed by atoms with Crippen molar-refractivity contribution >= 4 is 11.6 Å². The molecule has 0 aliphatic rings. The Balaban J connectivity index is -0.000000720. The number of aliphatic hydroxyl groups is 6. The molecule has 0 aromatic rings. The Kier molecular flexibility index (Phi) is 10.3. The second-order valence-electron chi connectivity index (χ2n) is 2.59. The van der Waals surface area contributed by atoms with Gasteiger partial charge in [-0.2, -0.15) is 0 Å². The van der Waals surface area contributed by atoms with Crippen molar-refractivity contribution in [3.05, 3.63) is 0 Å². The Hall–Kier alpha value is 1.05. The van der Waals surface area contributed by atoms with Crippen molar-refractivity contribution in [2.24, 2.45) is 0 Å². The maximum atomic E-state index is 9.04. The molecule has 0 spiro atoms. The zero-order valence-corrected chi connectivity index (χ0v) is 10.4. The summed E-state index contributed by atoms with van der Waals surface area (Å²) in [5, 5.41) is 52.8. The molecule has 82 valence electrons. The minimum Gasteiger partial charge on any atom is -1.00 e. The molecule has 0 saturated heterocycles. The van der Waals surface area contributed by atoms with Crippen molar-refractivity contribution in [2.75, 3.05) is 6.61 Å². The van der Waals surface area contributed by atoms with E-state index in [9.17, 15) is 0 Å². The molecular weight excluding hydrogens is 227 g/mol. The Morgan fingerprint density at radius 2 is 1.36 bits per heavy atom. The van der Waals surface area contributed by atoms with Crippen molar-refractivity contribution in [3.8, 4) is 0 Å². The van der Waals surface area contributed by atoms with Gasteiger partial charge in [-0.05, 0) is 0 Å². The van der Waals surface area contributed by atoms with Gasteiger partial charge in [0.2, 0.25) is 0 Å². The molecule has 5 atom stereocenters. The number of rotatable bonds is 5. The van der Waals surface area contributed by atoms with Crippen molar-refractivity contribution < 1.29 is 61.6 Å². The van der Waals surface area contributed by atoms with Crippen LogP contribution in [0.25, 0.3) is 0 Å². The van der Waals surface area contributed by atoms with Gasteiger partial charge in [-0.15, -0.1) is 0 Å². The molecule has 6 nitrogen and oxygen atoms in total. The molecule has 0 aliphatic heterocycles. The van der Waals surface area contributed by atoms with Gasteiger partial charge in [0, 0.05) is 0 Å². The quantitative estimate of drug-likeness (QED) is 0.210. The van der Waals surface area contributed by atoms with Gasteiger partial charge >= 0.3 is 29.6 Å². The van der Waals surface area contributed by atoms with E-state index in [1.165, 1.54) is 0 Å². The fourth-order valence-electron chi connectivity index (χ4n) is 0.700. The minimum absolute atomic E-state index is 0. The van der Waals surface area contributed by atoms with E-state index in [-0.39, 0.29) is 31.0 Å². The van der Waals surface area contributed by atoms with Crippen LogP contribution in [0.1, 0.15) is 1.43 Å². The Morgan fingerprint density at radius 1 is 0.929 bits per heavy atom. The molecule has 0 aromatic heterocycles. The summed E-state index contributed by atoms with van der Waals surface area (Å²) in [6.45, 7) is -0.774. The Morgan fingerprint density at radius 3 is 1.64 bits per heavy atom. The first kappa shape index (κ1) is 17.4. The van der Waals surface area contributed by atoms with Gasteiger partial charge in [0.05, 0.1) is 6.61 Å². The van der Waals surface area contributed by atoms with Crippen LogP contribution in [0, 0.1) is 0 Å². The van der Waals surface area contributed by atoms with Gasteiger partial charge in [0.1, 0.15) is 24.4 Å². The van der Waals surface area contributed by atoms with E-state index in [1.54, 1.807) is 0 Å². The third-order valence-corrected chi connectivity index (χ3v) is 1.82. The summed E-state index contributed by atoms with van der Waals surface area (Å²) in [5.74, 6) is 0. The summed E-state index contributed by atoms with van der Waals surface area (Å²) in [4.78, 5) is 0. The maximum Gasteiger partial charge on any atom is 1.00 e. The largest absolute Gasteiger partial charge is 1.00 e. The maximum absolute atomic E-state index is 9.04. The van der Waals surface area contributed by atoms with Gasteiger partial charge in [-0.1, -0.05) is 11.6 Å². The van der Waals surface area contributed by atoms with E-state index in [2.05, 4.69) is 0 Å². The smallest absolute Gasteiger partial charge is 1.00 e. The predicted octanol–water partition coefficient (Wildman–Crippen LogP) is -5.90. The van der Waals surface area contributed by atoms with Crippen LogP contribution in [0.2, 0.25) is 0 Å². The van der Waals surface area contributed by atoms with Crippen LogP contribution in [-0.4, -0.2) is 67.2 Å². The second kappa shape index (κ2) is 8.23. The third kappa shape index (κ3) is 5.22. The Labute approximate surface area is 110 Å². The van der Waals surface area contributed by atoms with E-state index in [1.807, 2.05) is 0 Å². The van der Waals surface area contributed by atoms with E-state index in [0.29, 0.717) is 0 Å². The number of alkyl halides is 1. The molecule has 6 N–H and O–H groups in total. The summed E-state index contributed by atoms with van der Waals surface area (Å²) in [6, 6.07) is 0. The van der Waals surface area contributed by atoms with Crippen LogP contribution < -0.4 is 29.6 Å². The molecule has 14 heavy (non-hydrogen) atoms. The number of halogens is 1. The van der Waals surface area contributed by atoms with Crippen molar-refractivity contribution in [2.45, 2.75) is 30.0 Å². The zero-order valence-electron chi connectivity index (χ0n) is 8.66. The predicted molar refractivity (Wildman–Crippen MR) is 44.1 cm³/mol. The third-order valence-electron chi connectivity index (χ3n) is 1.56. The van der Waals surface area contributed by atoms with Crippen LogP contribution in [0.4, 0.5) is 0 Å². The molecule has 0 heterocycles. The molecule has 0 amide bonds. The van der Waals surface area contributed by atoms with Gasteiger partial charge in [0.15, 0.2) is 5.56 Å². The fourth-order valence-corrected chi connectivity index (χ4v) is 0.849. The van der Waals surface area contributed by atoms with Crippen molar-refractivity contribution in [1.29, 1.82) is 0 Å². The summed E-state index contributed by atoms with van der Waals surface area (Å²) in [5.41, 5.74) is -1.75. The molecule has 0 rings (SSSR count). The molecule has 1 unspecified atom stereocenters.